The normalized spacial score (nSPS) is 9.80. The first-order valence-electron chi connectivity index (χ1n) is 1.73. The molecule has 0 aromatic rings. The molecule has 0 aliphatic heterocycles. The van der Waals surface area contributed by atoms with Crippen molar-refractivity contribution in [3.8, 4) is 0 Å². The Bertz CT molecular complexity index is 147. The monoisotopic (exact) mass is 288 g/mol. The van der Waals surface area contributed by atoms with E-state index in [0.717, 1.165) is 22.6 Å². The summed E-state index contributed by atoms with van der Waals surface area (Å²) < 4.78 is -2.22. The quantitative estimate of drug-likeness (QED) is 0.258. The number of hydrogen-bond acceptors (Lipinski definition) is 2. The molecule has 0 saturated heterocycles. The van der Waals surface area contributed by atoms with Crippen LogP contribution in [0.1, 0.15) is 1.43 Å². The van der Waals surface area contributed by atoms with Crippen LogP contribution in [0, 0.1) is 0 Å². The maximum absolute atomic E-state index is 9.94. The van der Waals surface area contributed by atoms with Crippen LogP contribution in [0.4, 0.5) is 0 Å². The Morgan fingerprint density at radius 3 is 1.60 bits per heavy atom. The number of carboxylic acids is 2. The molecule has 0 aliphatic carbocycles. The summed E-state index contributed by atoms with van der Waals surface area (Å²) in [4.78, 5) is 19.9. The van der Waals surface area contributed by atoms with E-state index in [0.29, 0.717) is 0 Å². The largest absolute Gasteiger partial charge is 1.00 e. The third-order valence-electron chi connectivity index (χ3n) is 0.537. The SMILES string of the molecule is O=C(O)C(Cl)(I)C(=O)O.[H-].[Na+]. The number of aliphatic carboxylic acids is 2. The zero-order valence-corrected chi connectivity index (χ0v) is 9.88. The standard InChI is InChI=1S/C3H2ClIO4.Na.H/c4-3(5,1(6)7)2(8)9;;/h(H,6,7)(H,8,9);;/q;+1;-1. The van der Waals surface area contributed by atoms with E-state index < -0.39 is 14.8 Å². The van der Waals surface area contributed by atoms with E-state index in [1.165, 1.54) is 0 Å². The van der Waals surface area contributed by atoms with E-state index in [9.17, 15) is 9.59 Å². The number of hydrogen-bond donors (Lipinski definition) is 2. The zero-order valence-electron chi connectivity index (χ0n) is 5.97. The molecule has 0 radical (unpaired) electrons. The first kappa shape index (κ1) is 13.5. The average molecular weight is 288 g/mol. The molecule has 0 saturated carbocycles. The van der Waals surface area contributed by atoms with Crippen molar-refractivity contribution >= 4 is 46.1 Å². The summed E-state index contributed by atoms with van der Waals surface area (Å²) in [7, 11) is 0. The van der Waals surface area contributed by atoms with E-state index >= 15 is 0 Å². The van der Waals surface area contributed by atoms with E-state index in [-0.39, 0.29) is 31.0 Å². The molecule has 4 nitrogen and oxygen atoms in total. The van der Waals surface area contributed by atoms with Crippen molar-refractivity contribution in [1.29, 1.82) is 0 Å². The second-order valence-electron chi connectivity index (χ2n) is 1.18. The van der Waals surface area contributed by atoms with Crippen molar-refractivity contribution in [2.24, 2.45) is 0 Å². The minimum atomic E-state index is -2.22. The van der Waals surface area contributed by atoms with Gasteiger partial charge < -0.3 is 11.6 Å². The van der Waals surface area contributed by atoms with Gasteiger partial charge in [-0.25, -0.2) is 9.59 Å². The van der Waals surface area contributed by atoms with Gasteiger partial charge in [-0.15, -0.1) is 0 Å². The fraction of sp³-hybridized carbons (Fsp3) is 0.333. The molecule has 0 aromatic carbocycles. The molecule has 0 spiro atoms. The second kappa shape index (κ2) is 4.76. The molecule has 0 fully saturated rings. The minimum Gasteiger partial charge on any atom is -1.00 e. The maximum atomic E-state index is 9.94. The third-order valence-corrected chi connectivity index (χ3v) is 1.78. The Balaban J connectivity index is -0.000000320. The van der Waals surface area contributed by atoms with Crippen molar-refractivity contribution < 1.29 is 50.8 Å². The minimum absolute atomic E-state index is 0. The van der Waals surface area contributed by atoms with Gasteiger partial charge in [-0.3, -0.25) is 0 Å². The molecule has 0 atom stereocenters. The summed E-state index contributed by atoms with van der Waals surface area (Å²) in [6.45, 7) is 0. The summed E-state index contributed by atoms with van der Waals surface area (Å²) in [5.41, 5.74) is 0. The van der Waals surface area contributed by atoms with Crippen LogP contribution in [0.15, 0.2) is 0 Å². The molecule has 0 aromatic heterocycles. The van der Waals surface area contributed by atoms with Crippen molar-refractivity contribution in [3.63, 3.8) is 0 Å². The van der Waals surface area contributed by atoms with Gasteiger partial charge in [0.1, 0.15) is 0 Å². The van der Waals surface area contributed by atoms with Gasteiger partial charge in [0.15, 0.2) is 0 Å². The van der Waals surface area contributed by atoms with Gasteiger partial charge in [0.25, 0.3) is 2.88 Å². The van der Waals surface area contributed by atoms with Crippen molar-refractivity contribution in [1.82, 2.24) is 0 Å². The first-order chi connectivity index (χ1) is 3.89. The number of halogens is 2. The van der Waals surface area contributed by atoms with Gasteiger partial charge in [0.2, 0.25) is 0 Å². The van der Waals surface area contributed by atoms with Crippen LogP contribution in [-0.4, -0.2) is 25.0 Å². The summed E-state index contributed by atoms with van der Waals surface area (Å²) in [5, 5.41) is 16.2. The van der Waals surface area contributed by atoms with Gasteiger partial charge in [0, 0.05) is 0 Å². The van der Waals surface area contributed by atoms with Crippen molar-refractivity contribution in [2.45, 2.75) is 2.88 Å². The molecular weight excluding hydrogens is 285 g/mol. The fourth-order valence-electron chi connectivity index (χ4n) is 0.0915. The van der Waals surface area contributed by atoms with Gasteiger partial charge in [-0.05, 0) is 22.6 Å². The molecule has 0 unspecified atom stereocenters. The predicted octanol–water partition coefficient (Wildman–Crippen LogP) is -2.36. The Morgan fingerprint density at radius 1 is 1.40 bits per heavy atom. The molecule has 54 valence electrons. The molecule has 0 bridgehead atoms. The average Bonchev–Trinajstić information content (AvgIpc) is 1.65. The van der Waals surface area contributed by atoms with E-state index in [1.807, 2.05) is 0 Å². The molecule has 0 aliphatic rings. The number of rotatable bonds is 2. The number of carbonyl (C=O) groups is 2. The Labute approximate surface area is 98.8 Å². The summed E-state index contributed by atoms with van der Waals surface area (Å²) >= 11 is 6.12. The summed E-state index contributed by atoms with van der Waals surface area (Å²) in [6.07, 6.45) is 0. The predicted molar refractivity (Wildman–Crippen MR) is 39.0 cm³/mol. The van der Waals surface area contributed by atoms with Crippen LogP contribution in [-0.2, 0) is 9.59 Å². The molecular formula is C3H3ClINaO4. The Kier molecular flexibility index (Phi) is 6.45. The molecule has 7 heteroatoms. The fourth-order valence-corrected chi connectivity index (χ4v) is 0.0915. The van der Waals surface area contributed by atoms with Crippen LogP contribution < -0.4 is 29.6 Å². The number of alkyl halides is 2. The smallest absolute Gasteiger partial charge is 1.00 e. The second-order valence-corrected chi connectivity index (χ2v) is 4.01. The summed E-state index contributed by atoms with van der Waals surface area (Å²) in [6, 6.07) is 0. The van der Waals surface area contributed by atoms with Gasteiger partial charge in [0.05, 0.1) is 0 Å². The van der Waals surface area contributed by atoms with Crippen LogP contribution in [0.2, 0.25) is 0 Å². The topological polar surface area (TPSA) is 74.6 Å². The van der Waals surface area contributed by atoms with Crippen LogP contribution in [0.3, 0.4) is 0 Å². The van der Waals surface area contributed by atoms with E-state index in [2.05, 4.69) is 0 Å². The molecule has 0 heterocycles. The molecule has 2 N–H and O–H groups in total. The Hall–Kier alpha value is 0.960. The molecule has 0 rings (SSSR count). The first-order valence-corrected chi connectivity index (χ1v) is 3.19. The van der Waals surface area contributed by atoms with Crippen LogP contribution >= 0.6 is 34.2 Å². The Morgan fingerprint density at radius 2 is 1.60 bits per heavy atom. The van der Waals surface area contributed by atoms with Gasteiger partial charge in [-0.2, -0.15) is 0 Å². The zero-order chi connectivity index (χ0) is 7.65. The van der Waals surface area contributed by atoms with Gasteiger partial charge in [-0.1, -0.05) is 11.6 Å². The maximum Gasteiger partial charge on any atom is 1.00 e. The van der Waals surface area contributed by atoms with Crippen molar-refractivity contribution in [3.05, 3.63) is 0 Å². The van der Waals surface area contributed by atoms with Crippen molar-refractivity contribution in [2.75, 3.05) is 0 Å². The molecule has 0 amide bonds. The molecule has 10 heavy (non-hydrogen) atoms. The van der Waals surface area contributed by atoms with Crippen LogP contribution in [0.25, 0.3) is 0 Å². The van der Waals surface area contributed by atoms with Gasteiger partial charge >= 0.3 is 41.5 Å². The summed E-state index contributed by atoms with van der Waals surface area (Å²) in [5.74, 6) is -3.14. The number of carboxylic acid groups (broad SMARTS) is 2. The van der Waals surface area contributed by atoms with E-state index in [4.69, 9.17) is 21.8 Å². The van der Waals surface area contributed by atoms with E-state index in [1.54, 1.807) is 0 Å². The van der Waals surface area contributed by atoms with Crippen LogP contribution in [0.5, 0.6) is 0 Å². The third kappa shape index (κ3) is 3.38.